The molecular weight excluding hydrogens is 313 g/mol. The lowest BCUT2D eigenvalue weighted by Gasteiger charge is -2.16. The van der Waals surface area contributed by atoms with Crippen molar-refractivity contribution in [3.8, 4) is 0 Å². The molecule has 2 fully saturated rings. The Balaban J connectivity index is 0.000000236. The second-order valence-corrected chi connectivity index (χ2v) is 6.43. The summed E-state index contributed by atoms with van der Waals surface area (Å²) in [5.74, 6) is -0.385. The minimum absolute atomic E-state index is 0.217. The molecule has 0 spiro atoms. The van der Waals surface area contributed by atoms with Crippen molar-refractivity contribution in [3.05, 3.63) is 12.2 Å². The van der Waals surface area contributed by atoms with Crippen LogP contribution in [0.15, 0.2) is 12.2 Å². The molecule has 0 aliphatic heterocycles. The zero-order chi connectivity index (χ0) is 17.2. The van der Waals surface area contributed by atoms with Crippen LogP contribution in [0.5, 0.6) is 0 Å². The summed E-state index contributed by atoms with van der Waals surface area (Å²) in [7, 11) is 0. The smallest absolute Gasteiger partial charge is 0.475 e. The summed E-state index contributed by atoms with van der Waals surface area (Å²) in [5.41, 5.74) is 5.98. The molecular formula is C15H21F3N2O3. The first-order valence-corrected chi connectivity index (χ1v) is 7.68. The molecule has 3 rings (SSSR count). The molecule has 0 aromatic heterocycles. The summed E-state index contributed by atoms with van der Waals surface area (Å²) < 4.78 is 31.7. The highest BCUT2D eigenvalue weighted by molar-refractivity contribution is 5.80. The molecule has 4 N–H and O–H groups in total. The van der Waals surface area contributed by atoms with Gasteiger partial charge in [-0.1, -0.05) is 12.2 Å². The first-order chi connectivity index (χ1) is 10.7. The van der Waals surface area contributed by atoms with E-state index in [2.05, 4.69) is 17.5 Å². The van der Waals surface area contributed by atoms with Gasteiger partial charge in [-0.25, -0.2) is 4.79 Å². The second-order valence-electron chi connectivity index (χ2n) is 6.43. The van der Waals surface area contributed by atoms with Gasteiger partial charge in [-0.05, 0) is 43.4 Å². The fraction of sp³-hybridized carbons (Fsp3) is 0.733. The average molecular weight is 334 g/mol. The molecule has 3 aliphatic rings. The highest BCUT2D eigenvalue weighted by atomic mass is 19.4. The topological polar surface area (TPSA) is 92.4 Å². The second kappa shape index (κ2) is 6.90. The van der Waals surface area contributed by atoms with Gasteiger partial charge in [0.25, 0.3) is 0 Å². The van der Waals surface area contributed by atoms with Crippen LogP contribution >= 0.6 is 0 Å². The van der Waals surface area contributed by atoms with E-state index in [1.807, 2.05) is 0 Å². The third kappa shape index (κ3) is 4.70. The van der Waals surface area contributed by atoms with Crippen LogP contribution in [0.2, 0.25) is 0 Å². The van der Waals surface area contributed by atoms with Gasteiger partial charge in [-0.2, -0.15) is 13.2 Å². The number of nitrogens with one attached hydrogen (secondary N) is 1. The fourth-order valence-electron chi connectivity index (χ4n) is 3.35. The van der Waals surface area contributed by atoms with Crippen LogP contribution in [-0.2, 0) is 9.59 Å². The van der Waals surface area contributed by atoms with Gasteiger partial charge in [0.05, 0.1) is 0 Å². The molecule has 5 nitrogen and oxygen atoms in total. The summed E-state index contributed by atoms with van der Waals surface area (Å²) in [4.78, 5) is 20.9. The summed E-state index contributed by atoms with van der Waals surface area (Å²) in [6.45, 7) is 0.842. The van der Waals surface area contributed by atoms with Gasteiger partial charge in [0.1, 0.15) is 0 Å². The highest BCUT2D eigenvalue weighted by Gasteiger charge is 2.55. The van der Waals surface area contributed by atoms with Crippen LogP contribution in [0.25, 0.3) is 0 Å². The number of halogens is 3. The van der Waals surface area contributed by atoms with E-state index in [-0.39, 0.29) is 17.9 Å². The van der Waals surface area contributed by atoms with Crippen LogP contribution in [-0.4, -0.2) is 35.7 Å². The molecule has 2 saturated carbocycles. The zero-order valence-electron chi connectivity index (χ0n) is 12.6. The number of aliphatic carboxylic acids is 1. The minimum atomic E-state index is -5.08. The van der Waals surface area contributed by atoms with Crippen molar-refractivity contribution in [1.82, 2.24) is 5.32 Å². The number of fused-ring (bicyclic) bond motifs is 1. The van der Waals surface area contributed by atoms with Crippen molar-refractivity contribution in [2.45, 2.75) is 37.9 Å². The van der Waals surface area contributed by atoms with Crippen molar-refractivity contribution in [2.75, 3.05) is 6.54 Å². The number of carboxylic acids is 1. The number of hydrogen-bond acceptors (Lipinski definition) is 3. The monoisotopic (exact) mass is 334 g/mol. The number of rotatable bonds is 3. The molecule has 0 bridgehead atoms. The number of allylic oxidation sites excluding steroid dienone is 2. The van der Waals surface area contributed by atoms with E-state index in [1.54, 1.807) is 0 Å². The SMILES string of the molecule is N[C@@H]1C[C@H](C(=O)NCC2CC=CC2)[C@H]2C[C@H]21.O=C(O)C(F)(F)F. The van der Waals surface area contributed by atoms with Crippen LogP contribution in [0.1, 0.15) is 25.7 Å². The highest BCUT2D eigenvalue weighted by Crippen LogP contribution is 2.54. The molecule has 23 heavy (non-hydrogen) atoms. The predicted molar refractivity (Wildman–Crippen MR) is 76.2 cm³/mol. The Morgan fingerprint density at radius 3 is 2.13 bits per heavy atom. The lowest BCUT2D eigenvalue weighted by Crippen LogP contribution is -2.35. The first kappa shape index (κ1) is 17.8. The lowest BCUT2D eigenvalue weighted by molar-refractivity contribution is -0.192. The van der Waals surface area contributed by atoms with E-state index in [0.29, 0.717) is 17.8 Å². The van der Waals surface area contributed by atoms with E-state index >= 15 is 0 Å². The van der Waals surface area contributed by atoms with Gasteiger partial charge in [-0.3, -0.25) is 4.79 Å². The lowest BCUT2D eigenvalue weighted by atomic mass is 10.0. The summed E-state index contributed by atoms with van der Waals surface area (Å²) in [5, 5.41) is 10.2. The molecule has 3 aliphatic carbocycles. The molecule has 4 atom stereocenters. The van der Waals surface area contributed by atoms with E-state index in [0.717, 1.165) is 25.8 Å². The van der Waals surface area contributed by atoms with Crippen molar-refractivity contribution >= 4 is 11.9 Å². The number of carboxylic acid groups (broad SMARTS) is 1. The quantitative estimate of drug-likeness (QED) is 0.685. The van der Waals surface area contributed by atoms with Crippen LogP contribution < -0.4 is 11.1 Å². The van der Waals surface area contributed by atoms with Crippen molar-refractivity contribution in [1.29, 1.82) is 0 Å². The molecule has 0 saturated heterocycles. The molecule has 8 heteroatoms. The number of carbonyl (C=O) groups is 2. The Hall–Kier alpha value is -1.57. The predicted octanol–water partition coefficient (Wildman–Crippen LogP) is 1.69. The van der Waals surface area contributed by atoms with Gasteiger partial charge in [0, 0.05) is 18.5 Å². The van der Waals surface area contributed by atoms with Gasteiger partial charge in [-0.15, -0.1) is 0 Å². The summed E-state index contributed by atoms with van der Waals surface area (Å²) in [6, 6.07) is 0.286. The summed E-state index contributed by atoms with van der Waals surface area (Å²) >= 11 is 0. The number of amides is 1. The maximum absolute atomic E-state index is 12.0. The zero-order valence-corrected chi connectivity index (χ0v) is 12.6. The van der Waals surface area contributed by atoms with Crippen molar-refractivity contribution in [2.24, 2.45) is 29.4 Å². The Morgan fingerprint density at radius 2 is 1.74 bits per heavy atom. The van der Waals surface area contributed by atoms with Gasteiger partial charge in [0.2, 0.25) is 5.91 Å². The third-order valence-electron chi connectivity index (χ3n) is 4.73. The number of alkyl halides is 3. The molecule has 130 valence electrons. The van der Waals surface area contributed by atoms with E-state index < -0.39 is 12.1 Å². The summed E-state index contributed by atoms with van der Waals surface area (Å²) in [6.07, 6.45) is 3.67. The number of nitrogens with two attached hydrogens (primary N) is 1. The average Bonchev–Trinajstić information content (AvgIpc) is 2.94. The van der Waals surface area contributed by atoms with E-state index in [4.69, 9.17) is 15.6 Å². The van der Waals surface area contributed by atoms with E-state index in [9.17, 15) is 18.0 Å². The molecule has 0 heterocycles. The Kier molecular flexibility index (Phi) is 5.33. The van der Waals surface area contributed by atoms with Crippen LogP contribution in [0.3, 0.4) is 0 Å². The molecule has 0 aromatic carbocycles. The first-order valence-electron chi connectivity index (χ1n) is 7.68. The van der Waals surface area contributed by atoms with Crippen LogP contribution in [0.4, 0.5) is 13.2 Å². The molecule has 0 unspecified atom stereocenters. The maximum atomic E-state index is 12.0. The maximum Gasteiger partial charge on any atom is 0.490 e. The standard InChI is InChI=1S/C13H20N2O.C2HF3O2/c14-12-6-11(9-5-10(9)12)13(16)15-7-8-3-1-2-4-8;3-2(4,5)1(6)7/h1-2,8-12H,3-7,14H2,(H,15,16);(H,6,7)/t9-,10+,11-,12+;/m0./s1. The Morgan fingerprint density at radius 1 is 1.17 bits per heavy atom. The van der Waals surface area contributed by atoms with E-state index in [1.165, 1.54) is 6.42 Å². The van der Waals surface area contributed by atoms with Gasteiger partial charge >= 0.3 is 12.1 Å². The molecule has 1 amide bonds. The largest absolute Gasteiger partial charge is 0.490 e. The Bertz CT molecular complexity index is 485. The number of hydrogen-bond donors (Lipinski definition) is 3. The fourth-order valence-corrected chi connectivity index (χ4v) is 3.35. The minimum Gasteiger partial charge on any atom is -0.475 e. The molecule has 0 radical (unpaired) electrons. The van der Waals surface area contributed by atoms with Crippen molar-refractivity contribution < 1.29 is 27.9 Å². The van der Waals surface area contributed by atoms with Gasteiger partial charge in [0.15, 0.2) is 0 Å². The van der Waals surface area contributed by atoms with Gasteiger partial charge < -0.3 is 16.2 Å². The molecule has 0 aromatic rings. The van der Waals surface area contributed by atoms with Crippen molar-refractivity contribution in [3.63, 3.8) is 0 Å². The van der Waals surface area contributed by atoms with Crippen LogP contribution in [0, 0.1) is 23.7 Å². The third-order valence-corrected chi connectivity index (χ3v) is 4.73. The number of carbonyl (C=O) groups excluding carboxylic acids is 1. The normalized spacial score (nSPS) is 32.0. The Labute approximate surface area is 132 Å².